The molecule has 12 nitrogen and oxygen atoms in total. The second kappa shape index (κ2) is 10.1. The SMILES string of the molecule is CCCOc1cnc(N2CCN(CCN(C)c3cc4nc(-c5ccco5)nn4c(N)n3)CC2)nc1. The molecule has 1 saturated heterocycles. The molecule has 0 atom stereocenters. The standard InChI is InChI=1S/C23H30N10O2/c1-3-12-34-17-15-25-23(26-16-17)32-10-8-31(9-11-32)7-6-30(2)19-14-20-27-21(18-5-4-13-35-18)29-33(20)22(24)28-19/h4-5,13-16H,3,6-12H2,1-2H3,(H2,24,28). The molecule has 0 amide bonds. The van der Waals surface area contributed by atoms with E-state index in [9.17, 15) is 0 Å². The van der Waals surface area contributed by atoms with Gasteiger partial charge in [-0.05, 0) is 18.6 Å². The van der Waals surface area contributed by atoms with E-state index in [1.807, 2.05) is 19.2 Å². The van der Waals surface area contributed by atoms with Gasteiger partial charge in [0.15, 0.2) is 17.2 Å². The smallest absolute Gasteiger partial charge is 0.225 e. The molecule has 1 aliphatic heterocycles. The summed E-state index contributed by atoms with van der Waals surface area (Å²) < 4.78 is 12.5. The van der Waals surface area contributed by atoms with Crippen LogP contribution in [0.1, 0.15) is 13.3 Å². The summed E-state index contributed by atoms with van der Waals surface area (Å²) in [5.74, 6) is 3.58. The van der Waals surface area contributed by atoms with Crippen molar-refractivity contribution in [2.75, 3.05) is 68.5 Å². The third kappa shape index (κ3) is 5.11. The number of hydrogen-bond donors (Lipinski definition) is 1. The van der Waals surface area contributed by atoms with E-state index in [0.29, 0.717) is 29.6 Å². The van der Waals surface area contributed by atoms with Crippen LogP contribution in [-0.2, 0) is 0 Å². The van der Waals surface area contributed by atoms with Gasteiger partial charge in [-0.2, -0.15) is 9.50 Å². The Bertz CT molecular complexity index is 1230. The summed E-state index contributed by atoms with van der Waals surface area (Å²) in [6, 6.07) is 5.50. The molecule has 0 bridgehead atoms. The van der Waals surface area contributed by atoms with Crippen molar-refractivity contribution in [3.8, 4) is 17.3 Å². The van der Waals surface area contributed by atoms with Crippen LogP contribution in [0.2, 0.25) is 0 Å². The maximum atomic E-state index is 6.16. The van der Waals surface area contributed by atoms with Crippen LogP contribution in [0.4, 0.5) is 17.7 Å². The quantitative estimate of drug-likeness (QED) is 0.378. The molecule has 0 unspecified atom stereocenters. The van der Waals surface area contributed by atoms with Gasteiger partial charge in [0.25, 0.3) is 0 Å². The summed E-state index contributed by atoms with van der Waals surface area (Å²) in [6.45, 7) is 8.11. The number of likely N-dealkylation sites (N-methyl/N-ethyl adjacent to an activating group) is 1. The zero-order chi connectivity index (χ0) is 24.2. The molecule has 0 aliphatic carbocycles. The fraction of sp³-hybridized carbons (Fsp3) is 0.435. The Kier molecular flexibility index (Phi) is 6.62. The molecule has 184 valence electrons. The summed E-state index contributed by atoms with van der Waals surface area (Å²) in [5.41, 5.74) is 6.79. The van der Waals surface area contributed by atoms with Crippen LogP contribution in [0.15, 0.2) is 41.3 Å². The Labute approximate surface area is 203 Å². The van der Waals surface area contributed by atoms with E-state index in [0.717, 1.165) is 57.5 Å². The maximum Gasteiger partial charge on any atom is 0.225 e. The molecule has 0 aromatic carbocycles. The minimum atomic E-state index is 0.286. The molecule has 4 aromatic heterocycles. The zero-order valence-corrected chi connectivity index (χ0v) is 20.0. The highest BCUT2D eigenvalue weighted by atomic mass is 16.5. The Morgan fingerprint density at radius 1 is 1.14 bits per heavy atom. The highest BCUT2D eigenvalue weighted by Crippen LogP contribution is 2.21. The van der Waals surface area contributed by atoms with Crippen LogP contribution in [0, 0.1) is 0 Å². The Morgan fingerprint density at radius 2 is 1.94 bits per heavy atom. The molecular formula is C23H30N10O2. The molecule has 12 heteroatoms. The predicted octanol–water partition coefficient (Wildman–Crippen LogP) is 1.80. The highest BCUT2D eigenvalue weighted by molar-refractivity contribution is 5.59. The first-order valence-electron chi connectivity index (χ1n) is 11.8. The lowest BCUT2D eigenvalue weighted by atomic mass is 10.3. The normalized spacial score (nSPS) is 14.5. The second-order valence-corrected chi connectivity index (χ2v) is 8.47. The number of nitrogen functional groups attached to an aromatic ring is 1. The minimum absolute atomic E-state index is 0.286. The van der Waals surface area contributed by atoms with Crippen molar-refractivity contribution in [3.05, 3.63) is 36.9 Å². The monoisotopic (exact) mass is 478 g/mol. The number of piperazine rings is 1. The average Bonchev–Trinajstić information content (AvgIpc) is 3.57. The third-order valence-electron chi connectivity index (χ3n) is 5.96. The first-order chi connectivity index (χ1) is 17.1. The number of aromatic nitrogens is 6. The number of ether oxygens (including phenoxy) is 1. The van der Waals surface area contributed by atoms with Crippen molar-refractivity contribution in [2.24, 2.45) is 0 Å². The Morgan fingerprint density at radius 3 is 2.66 bits per heavy atom. The van der Waals surface area contributed by atoms with Crippen molar-refractivity contribution in [1.29, 1.82) is 0 Å². The van der Waals surface area contributed by atoms with E-state index in [1.54, 1.807) is 24.7 Å². The Balaban J connectivity index is 1.15. The van der Waals surface area contributed by atoms with E-state index in [-0.39, 0.29) is 5.95 Å². The van der Waals surface area contributed by atoms with E-state index in [1.165, 1.54) is 4.52 Å². The van der Waals surface area contributed by atoms with Gasteiger partial charge in [0.05, 0.1) is 25.3 Å². The third-order valence-corrected chi connectivity index (χ3v) is 5.96. The lowest BCUT2D eigenvalue weighted by molar-refractivity contribution is 0.262. The van der Waals surface area contributed by atoms with Crippen LogP contribution in [0.5, 0.6) is 5.75 Å². The molecule has 1 fully saturated rings. The molecule has 5 heterocycles. The zero-order valence-electron chi connectivity index (χ0n) is 20.0. The first-order valence-corrected chi connectivity index (χ1v) is 11.8. The van der Waals surface area contributed by atoms with Crippen LogP contribution >= 0.6 is 0 Å². The van der Waals surface area contributed by atoms with Gasteiger partial charge in [0, 0.05) is 52.4 Å². The van der Waals surface area contributed by atoms with Crippen molar-refractivity contribution in [3.63, 3.8) is 0 Å². The molecule has 35 heavy (non-hydrogen) atoms. The topological polar surface area (TPSA) is 127 Å². The van der Waals surface area contributed by atoms with Crippen molar-refractivity contribution in [1.82, 2.24) is 34.4 Å². The summed E-state index contributed by atoms with van der Waals surface area (Å²) in [7, 11) is 2.01. The maximum absolute atomic E-state index is 6.16. The van der Waals surface area contributed by atoms with E-state index in [4.69, 9.17) is 14.9 Å². The number of fused-ring (bicyclic) bond motifs is 1. The van der Waals surface area contributed by atoms with Gasteiger partial charge in [0.2, 0.25) is 17.7 Å². The average molecular weight is 479 g/mol. The largest absolute Gasteiger partial charge is 0.490 e. The fourth-order valence-corrected chi connectivity index (χ4v) is 3.95. The molecule has 0 radical (unpaired) electrons. The first kappa shape index (κ1) is 22.8. The van der Waals surface area contributed by atoms with Gasteiger partial charge in [-0.15, -0.1) is 5.10 Å². The van der Waals surface area contributed by atoms with Gasteiger partial charge in [-0.3, -0.25) is 4.90 Å². The van der Waals surface area contributed by atoms with Gasteiger partial charge in [-0.1, -0.05) is 6.92 Å². The second-order valence-electron chi connectivity index (χ2n) is 8.47. The van der Waals surface area contributed by atoms with Gasteiger partial charge >= 0.3 is 0 Å². The number of rotatable bonds is 9. The molecule has 0 saturated carbocycles. The fourth-order valence-electron chi connectivity index (χ4n) is 3.95. The molecule has 4 aromatic rings. The summed E-state index contributed by atoms with van der Waals surface area (Å²) in [5, 5.41) is 4.40. The van der Waals surface area contributed by atoms with Crippen molar-refractivity contribution >= 4 is 23.4 Å². The molecule has 1 aliphatic rings. The van der Waals surface area contributed by atoms with Crippen LogP contribution in [0.25, 0.3) is 17.2 Å². The van der Waals surface area contributed by atoms with Crippen LogP contribution in [0.3, 0.4) is 0 Å². The number of anilines is 3. The summed E-state index contributed by atoms with van der Waals surface area (Å²) >= 11 is 0. The number of furan rings is 1. The lowest BCUT2D eigenvalue weighted by Crippen LogP contribution is -2.48. The van der Waals surface area contributed by atoms with E-state index in [2.05, 4.69) is 46.7 Å². The van der Waals surface area contributed by atoms with Crippen molar-refractivity contribution in [2.45, 2.75) is 13.3 Å². The summed E-state index contributed by atoms with van der Waals surface area (Å²) in [4.78, 5) is 24.7. The highest BCUT2D eigenvalue weighted by Gasteiger charge is 2.20. The van der Waals surface area contributed by atoms with Crippen LogP contribution < -0.4 is 20.3 Å². The van der Waals surface area contributed by atoms with E-state index < -0.39 is 0 Å². The van der Waals surface area contributed by atoms with Gasteiger partial charge in [0.1, 0.15) is 5.82 Å². The predicted molar refractivity (Wildman–Crippen MR) is 133 cm³/mol. The van der Waals surface area contributed by atoms with Gasteiger partial charge in [-0.25, -0.2) is 15.0 Å². The lowest BCUT2D eigenvalue weighted by Gasteiger charge is -2.35. The minimum Gasteiger partial charge on any atom is -0.490 e. The van der Waals surface area contributed by atoms with E-state index >= 15 is 0 Å². The number of nitrogens with zero attached hydrogens (tertiary/aromatic N) is 9. The van der Waals surface area contributed by atoms with Crippen LogP contribution in [-0.4, -0.2) is 87.4 Å². The molecule has 0 spiro atoms. The summed E-state index contributed by atoms with van der Waals surface area (Å²) in [6.07, 6.45) is 6.06. The molecule has 2 N–H and O–H groups in total. The Hall–Kier alpha value is -3.93. The molecule has 5 rings (SSSR count). The number of hydrogen-bond acceptors (Lipinski definition) is 11. The van der Waals surface area contributed by atoms with Crippen molar-refractivity contribution < 1.29 is 9.15 Å². The number of nitrogens with two attached hydrogens (primary N) is 1. The molecular weight excluding hydrogens is 448 g/mol. The van der Waals surface area contributed by atoms with Gasteiger partial charge < -0.3 is 24.7 Å².